The number of benzene rings is 1. The molecule has 1 amide bonds. The molecular formula is C15H21NO. The molecule has 1 aromatic carbocycles. The van der Waals surface area contributed by atoms with Crippen LogP contribution in [0.3, 0.4) is 0 Å². The molecule has 0 radical (unpaired) electrons. The van der Waals surface area contributed by atoms with Gasteiger partial charge in [-0.2, -0.15) is 0 Å². The van der Waals surface area contributed by atoms with Gasteiger partial charge >= 0.3 is 0 Å². The van der Waals surface area contributed by atoms with Gasteiger partial charge in [0.05, 0.1) is 6.04 Å². The predicted octanol–water partition coefficient (Wildman–Crippen LogP) is 3.25. The zero-order valence-corrected chi connectivity index (χ0v) is 10.9. The summed E-state index contributed by atoms with van der Waals surface area (Å²) in [5, 5.41) is 2.85. The quantitative estimate of drug-likeness (QED) is 0.774. The molecule has 2 heteroatoms. The Morgan fingerprint density at radius 3 is 2.35 bits per heavy atom. The highest BCUT2D eigenvalue weighted by atomic mass is 16.1. The van der Waals surface area contributed by atoms with Gasteiger partial charge in [0.2, 0.25) is 5.91 Å². The fraction of sp³-hybridized carbons (Fsp3) is 0.400. The van der Waals surface area contributed by atoms with Crippen LogP contribution in [0, 0.1) is 5.92 Å². The summed E-state index contributed by atoms with van der Waals surface area (Å²) in [7, 11) is 0. The molecule has 0 bridgehead atoms. The lowest BCUT2D eigenvalue weighted by molar-refractivity contribution is -0.117. The second-order valence-electron chi connectivity index (χ2n) is 4.77. The summed E-state index contributed by atoms with van der Waals surface area (Å²) in [6.45, 7) is 9.83. The van der Waals surface area contributed by atoms with Crippen molar-refractivity contribution in [2.45, 2.75) is 33.2 Å². The smallest absolute Gasteiger partial charge is 0.243 e. The molecule has 1 atom stereocenters. The Bertz CT molecular complexity index is 378. The third-order valence-corrected chi connectivity index (χ3v) is 2.67. The van der Waals surface area contributed by atoms with Crippen LogP contribution in [0.4, 0.5) is 0 Å². The maximum absolute atomic E-state index is 11.2. The molecule has 1 aromatic rings. The summed E-state index contributed by atoms with van der Waals surface area (Å²) in [5.41, 5.74) is 2.46. The van der Waals surface area contributed by atoms with Gasteiger partial charge in [-0.3, -0.25) is 4.79 Å². The number of rotatable bonds is 5. The minimum Gasteiger partial charge on any atom is -0.346 e. The van der Waals surface area contributed by atoms with Crippen molar-refractivity contribution < 1.29 is 4.79 Å². The van der Waals surface area contributed by atoms with Crippen LogP contribution in [0.1, 0.15) is 37.9 Å². The topological polar surface area (TPSA) is 29.1 Å². The molecule has 1 unspecified atom stereocenters. The molecule has 0 saturated carbocycles. The lowest BCUT2D eigenvalue weighted by Crippen LogP contribution is -2.24. The van der Waals surface area contributed by atoms with Crippen LogP contribution in [-0.4, -0.2) is 5.91 Å². The van der Waals surface area contributed by atoms with Crippen molar-refractivity contribution >= 4 is 5.91 Å². The SMILES string of the molecule is C=CC(=O)NC(C)c1ccc(CC(C)C)cc1. The molecule has 0 aromatic heterocycles. The first kappa shape index (κ1) is 13.5. The van der Waals surface area contributed by atoms with Crippen molar-refractivity contribution in [2.75, 3.05) is 0 Å². The maximum atomic E-state index is 11.2. The third-order valence-electron chi connectivity index (χ3n) is 2.67. The summed E-state index contributed by atoms with van der Waals surface area (Å²) in [6, 6.07) is 8.43. The number of amides is 1. The Labute approximate surface area is 104 Å². The van der Waals surface area contributed by atoms with Gasteiger partial charge in [0, 0.05) is 0 Å². The average molecular weight is 231 g/mol. The molecule has 0 spiro atoms. The van der Waals surface area contributed by atoms with Crippen LogP contribution in [0.5, 0.6) is 0 Å². The lowest BCUT2D eigenvalue weighted by Gasteiger charge is -2.14. The van der Waals surface area contributed by atoms with Crippen molar-refractivity contribution in [3.05, 3.63) is 48.0 Å². The van der Waals surface area contributed by atoms with E-state index in [-0.39, 0.29) is 11.9 Å². The molecule has 0 aliphatic carbocycles. The van der Waals surface area contributed by atoms with Crippen LogP contribution in [-0.2, 0) is 11.2 Å². The third kappa shape index (κ3) is 4.43. The fourth-order valence-electron chi connectivity index (χ4n) is 1.77. The summed E-state index contributed by atoms with van der Waals surface area (Å²) in [6.07, 6.45) is 2.39. The van der Waals surface area contributed by atoms with Crippen molar-refractivity contribution in [3.63, 3.8) is 0 Å². The Balaban J connectivity index is 2.66. The van der Waals surface area contributed by atoms with Crippen LogP contribution < -0.4 is 5.32 Å². The van der Waals surface area contributed by atoms with Crippen LogP contribution >= 0.6 is 0 Å². The molecule has 0 heterocycles. The van der Waals surface area contributed by atoms with E-state index < -0.39 is 0 Å². The fourth-order valence-corrected chi connectivity index (χ4v) is 1.77. The van der Waals surface area contributed by atoms with Gasteiger partial charge in [-0.25, -0.2) is 0 Å². The Morgan fingerprint density at radius 2 is 1.88 bits per heavy atom. The highest BCUT2D eigenvalue weighted by Crippen LogP contribution is 2.15. The van der Waals surface area contributed by atoms with Gasteiger partial charge in [0.1, 0.15) is 0 Å². The summed E-state index contributed by atoms with van der Waals surface area (Å²) in [5.74, 6) is 0.530. The molecule has 0 saturated heterocycles. The highest BCUT2D eigenvalue weighted by Gasteiger charge is 2.07. The van der Waals surface area contributed by atoms with Gasteiger partial charge in [-0.15, -0.1) is 0 Å². The second-order valence-corrected chi connectivity index (χ2v) is 4.77. The van der Waals surface area contributed by atoms with Crippen LogP contribution in [0.25, 0.3) is 0 Å². The minimum atomic E-state index is -0.135. The van der Waals surface area contributed by atoms with Gasteiger partial charge in [0.15, 0.2) is 0 Å². The van der Waals surface area contributed by atoms with E-state index in [0.717, 1.165) is 12.0 Å². The van der Waals surface area contributed by atoms with Crippen molar-refractivity contribution in [1.82, 2.24) is 5.32 Å². The molecular weight excluding hydrogens is 210 g/mol. The molecule has 92 valence electrons. The minimum absolute atomic E-state index is 0.0219. The predicted molar refractivity (Wildman–Crippen MR) is 71.7 cm³/mol. The molecule has 17 heavy (non-hydrogen) atoms. The first-order valence-electron chi connectivity index (χ1n) is 6.04. The van der Waals surface area contributed by atoms with Crippen molar-refractivity contribution in [2.24, 2.45) is 5.92 Å². The van der Waals surface area contributed by atoms with Gasteiger partial charge < -0.3 is 5.32 Å². The number of hydrogen-bond acceptors (Lipinski definition) is 1. The monoisotopic (exact) mass is 231 g/mol. The van der Waals surface area contributed by atoms with E-state index in [1.54, 1.807) is 0 Å². The van der Waals surface area contributed by atoms with Crippen LogP contribution in [0.2, 0.25) is 0 Å². The van der Waals surface area contributed by atoms with E-state index in [4.69, 9.17) is 0 Å². The van der Waals surface area contributed by atoms with Gasteiger partial charge in [-0.1, -0.05) is 44.7 Å². The van der Waals surface area contributed by atoms with Gasteiger partial charge in [-0.05, 0) is 36.5 Å². The zero-order valence-electron chi connectivity index (χ0n) is 10.9. The lowest BCUT2D eigenvalue weighted by atomic mass is 10.00. The number of hydrogen-bond donors (Lipinski definition) is 1. The molecule has 0 aliphatic heterocycles. The molecule has 2 nitrogen and oxygen atoms in total. The highest BCUT2D eigenvalue weighted by molar-refractivity contribution is 5.87. The maximum Gasteiger partial charge on any atom is 0.243 e. The molecule has 0 aliphatic rings. The molecule has 0 fully saturated rings. The molecule has 1 N–H and O–H groups in total. The normalized spacial score (nSPS) is 12.2. The largest absolute Gasteiger partial charge is 0.346 e. The summed E-state index contributed by atoms with van der Waals surface area (Å²) < 4.78 is 0. The Morgan fingerprint density at radius 1 is 1.29 bits per heavy atom. The standard InChI is InChI=1S/C15H21NO/c1-5-15(17)16-12(4)14-8-6-13(7-9-14)10-11(2)3/h5-9,11-12H,1,10H2,2-4H3,(H,16,17). The Kier molecular flexibility index (Phi) is 4.95. The van der Waals surface area contributed by atoms with E-state index in [0.29, 0.717) is 5.92 Å². The first-order valence-corrected chi connectivity index (χ1v) is 6.04. The zero-order chi connectivity index (χ0) is 12.8. The number of carbonyl (C=O) groups excluding carboxylic acids is 1. The number of nitrogens with one attached hydrogen (secondary N) is 1. The first-order chi connectivity index (χ1) is 8.02. The van der Waals surface area contributed by atoms with Crippen molar-refractivity contribution in [3.8, 4) is 0 Å². The van der Waals surface area contributed by atoms with Crippen LogP contribution in [0.15, 0.2) is 36.9 Å². The van der Waals surface area contributed by atoms with E-state index >= 15 is 0 Å². The van der Waals surface area contributed by atoms with E-state index in [2.05, 4.69) is 50.0 Å². The van der Waals surface area contributed by atoms with Crippen molar-refractivity contribution in [1.29, 1.82) is 0 Å². The average Bonchev–Trinajstić information content (AvgIpc) is 2.28. The van der Waals surface area contributed by atoms with E-state index in [9.17, 15) is 4.79 Å². The second kappa shape index (κ2) is 6.24. The Hall–Kier alpha value is -1.57. The number of carbonyl (C=O) groups is 1. The van der Waals surface area contributed by atoms with E-state index in [1.807, 2.05) is 6.92 Å². The summed E-state index contributed by atoms with van der Waals surface area (Å²) in [4.78, 5) is 11.2. The molecule has 1 rings (SSSR count). The summed E-state index contributed by atoms with van der Waals surface area (Å²) >= 11 is 0. The van der Waals surface area contributed by atoms with Gasteiger partial charge in [0.25, 0.3) is 0 Å². The van der Waals surface area contributed by atoms with E-state index in [1.165, 1.54) is 11.6 Å².